The normalized spacial score (nSPS) is 21.7. The van der Waals surface area contributed by atoms with Gasteiger partial charge in [0.2, 0.25) is 5.91 Å². The summed E-state index contributed by atoms with van der Waals surface area (Å²) in [5.74, 6) is 1.15. The molecule has 1 heterocycles. The number of carbonyl (C=O) groups excluding carboxylic acids is 1. The van der Waals surface area contributed by atoms with Gasteiger partial charge in [0.05, 0.1) is 18.2 Å². The zero-order chi connectivity index (χ0) is 20.7. The Bertz CT molecular complexity index is 611. The van der Waals surface area contributed by atoms with Crippen LogP contribution in [0.2, 0.25) is 0 Å². The van der Waals surface area contributed by atoms with Crippen LogP contribution in [-0.4, -0.2) is 74.3 Å². The van der Waals surface area contributed by atoms with Crippen molar-refractivity contribution in [3.8, 4) is 5.75 Å². The molecule has 6 nitrogen and oxygen atoms in total. The Balaban J connectivity index is 1.93. The van der Waals surface area contributed by atoms with E-state index < -0.39 is 0 Å². The molecule has 1 saturated heterocycles. The minimum Gasteiger partial charge on any atom is -0.492 e. The van der Waals surface area contributed by atoms with Gasteiger partial charge in [-0.2, -0.15) is 0 Å². The number of rotatable bonds is 9. The second-order valence-corrected chi connectivity index (χ2v) is 8.42. The van der Waals surface area contributed by atoms with Crippen LogP contribution in [0.25, 0.3) is 0 Å². The van der Waals surface area contributed by atoms with Gasteiger partial charge in [0, 0.05) is 26.2 Å². The fourth-order valence-electron chi connectivity index (χ4n) is 3.72. The molecule has 0 radical (unpaired) electrons. The first-order valence-corrected chi connectivity index (χ1v) is 10.3. The summed E-state index contributed by atoms with van der Waals surface area (Å²) in [6.45, 7) is 11.9. The number of morpholine rings is 1. The van der Waals surface area contributed by atoms with E-state index in [0.29, 0.717) is 13.2 Å². The minimum atomic E-state index is -0.145. The number of hydrogen-bond donors (Lipinski definition) is 1. The van der Waals surface area contributed by atoms with Crippen molar-refractivity contribution in [2.75, 3.05) is 40.3 Å². The number of amides is 1. The first-order chi connectivity index (χ1) is 13.3. The predicted octanol–water partition coefficient (Wildman–Crippen LogP) is 2.38. The number of carbonyl (C=O) groups is 1. The van der Waals surface area contributed by atoms with Crippen molar-refractivity contribution in [2.45, 2.75) is 52.5 Å². The van der Waals surface area contributed by atoms with Crippen molar-refractivity contribution in [3.05, 3.63) is 29.8 Å². The van der Waals surface area contributed by atoms with E-state index >= 15 is 0 Å². The quantitative estimate of drug-likeness (QED) is 0.700. The van der Waals surface area contributed by atoms with Gasteiger partial charge in [-0.25, -0.2) is 0 Å². The van der Waals surface area contributed by atoms with E-state index in [9.17, 15) is 4.79 Å². The van der Waals surface area contributed by atoms with E-state index in [2.05, 4.69) is 42.8 Å². The molecule has 1 N–H and O–H groups in total. The Morgan fingerprint density at radius 3 is 2.57 bits per heavy atom. The van der Waals surface area contributed by atoms with Gasteiger partial charge in [-0.05, 0) is 51.6 Å². The Morgan fingerprint density at radius 2 is 1.96 bits per heavy atom. The Morgan fingerprint density at radius 1 is 1.29 bits per heavy atom. The van der Waals surface area contributed by atoms with Crippen molar-refractivity contribution in [1.82, 2.24) is 15.1 Å². The van der Waals surface area contributed by atoms with Crippen molar-refractivity contribution in [2.24, 2.45) is 5.92 Å². The molecular weight excluding hydrogens is 354 g/mol. The number of nitrogens with one attached hydrogen (secondary N) is 1. The molecule has 1 aliphatic rings. The van der Waals surface area contributed by atoms with Gasteiger partial charge in [0.1, 0.15) is 12.4 Å². The molecule has 0 aliphatic carbocycles. The number of benzene rings is 1. The van der Waals surface area contributed by atoms with Crippen LogP contribution in [0.5, 0.6) is 5.75 Å². The van der Waals surface area contributed by atoms with Crippen LogP contribution >= 0.6 is 0 Å². The molecule has 3 atom stereocenters. The molecule has 1 aromatic carbocycles. The SMILES string of the molecule is CC1CN(C(C(=O)NCc2cccc(OCCN(C)C)c2)C(C)C)CC(C)O1. The molecule has 6 heteroatoms. The Labute approximate surface area is 170 Å². The molecule has 0 saturated carbocycles. The fourth-order valence-corrected chi connectivity index (χ4v) is 3.72. The predicted molar refractivity (Wildman–Crippen MR) is 113 cm³/mol. The van der Waals surface area contributed by atoms with E-state index in [1.54, 1.807) is 0 Å². The molecular formula is C22H37N3O3. The van der Waals surface area contributed by atoms with Crippen LogP contribution in [0.1, 0.15) is 33.3 Å². The number of ether oxygens (including phenoxy) is 2. The first-order valence-electron chi connectivity index (χ1n) is 10.3. The molecule has 0 bridgehead atoms. The zero-order valence-corrected chi connectivity index (χ0v) is 18.3. The van der Waals surface area contributed by atoms with Crippen LogP contribution in [0.4, 0.5) is 0 Å². The average Bonchev–Trinajstić information content (AvgIpc) is 2.59. The van der Waals surface area contributed by atoms with Crippen molar-refractivity contribution >= 4 is 5.91 Å². The van der Waals surface area contributed by atoms with Crippen molar-refractivity contribution in [1.29, 1.82) is 0 Å². The van der Waals surface area contributed by atoms with Crippen LogP contribution in [0.3, 0.4) is 0 Å². The third-order valence-electron chi connectivity index (χ3n) is 4.91. The van der Waals surface area contributed by atoms with Crippen LogP contribution < -0.4 is 10.1 Å². The summed E-state index contributed by atoms with van der Waals surface area (Å²) < 4.78 is 11.6. The molecule has 0 aromatic heterocycles. The molecule has 1 fully saturated rings. The van der Waals surface area contributed by atoms with Gasteiger partial charge >= 0.3 is 0 Å². The monoisotopic (exact) mass is 391 g/mol. The molecule has 1 aliphatic heterocycles. The fraction of sp³-hybridized carbons (Fsp3) is 0.682. The van der Waals surface area contributed by atoms with Crippen molar-refractivity contribution < 1.29 is 14.3 Å². The summed E-state index contributed by atoms with van der Waals surface area (Å²) in [6, 6.07) is 7.79. The van der Waals surface area contributed by atoms with Gasteiger partial charge in [-0.3, -0.25) is 9.69 Å². The largest absolute Gasteiger partial charge is 0.492 e. The lowest BCUT2D eigenvalue weighted by molar-refractivity contribution is -0.135. The number of hydrogen-bond acceptors (Lipinski definition) is 5. The van der Waals surface area contributed by atoms with Crippen LogP contribution in [-0.2, 0) is 16.1 Å². The van der Waals surface area contributed by atoms with E-state index in [1.165, 1.54) is 0 Å². The first kappa shape index (κ1) is 22.7. The zero-order valence-electron chi connectivity index (χ0n) is 18.3. The topological polar surface area (TPSA) is 54.0 Å². The summed E-state index contributed by atoms with van der Waals surface area (Å²) in [5, 5.41) is 3.12. The van der Waals surface area contributed by atoms with E-state index in [0.717, 1.165) is 30.9 Å². The van der Waals surface area contributed by atoms with Gasteiger partial charge in [0.15, 0.2) is 0 Å². The molecule has 28 heavy (non-hydrogen) atoms. The lowest BCUT2D eigenvalue weighted by Crippen LogP contribution is -2.56. The molecule has 3 unspecified atom stereocenters. The molecule has 1 amide bonds. The lowest BCUT2D eigenvalue weighted by atomic mass is 9.99. The van der Waals surface area contributed by atoms with Gasteiger partial charge in [-0.1, -0.05) is 26.0 Å². The van der Waals surface area contributed by atoms with Gasteiger partial charge in [0.25, 0.3) is 0 Å². The highest BCUT2D eigenvalue weighted by molar-refractivity contribution is 5.82. The van der Waals surface area contributed by atoms with Gasteiger partial charge in [-0.15, -0.1) is 0 Å². The van der Waals surface area contributed by atoms with Crippen molar-refractivity contribution in [3.63, 3.8) is 0 Å². The summed E-state index contributed by atoms with van der Waals surface area (Å²) in [4.78, 5) is 17.3. The standard InChI is InChI=1S/C22H37N3O3/c1-16(2)21(25-14-17(3)28-18(4)15-25)22(26)23-13-19-8-7-9-20(12-19)27-11-10-24(5)6/h7-9,12,16-18,21H,10-11,13-15H2,1-6H3,(H,23,26). The summed E-state index contributed by atoms with van der Waals surface area (Å²) >= 11 is 0. The van der Waals surface area contributed by atoms with Crippen LogP contribution in [0, 0.1) is 5.92 Å². The molecule has 158 valence electrons. The maximum Gasteiger partial charge on any atom is 0.237 e. The molecule has 2 rings (SSSR count). The highest BCUT2D eigenvalue weighted by Crippen LogP contribution is 2.19. The average molecular weight is 392 g/mol. The second kappa shape index (κ2) is 10.8. The van der Waals surface area contributed by atoms with E-state index in [4.69, 9.17) is 9.47 Å². The molecule has 1 aromatic rings. The highest BCUT2D eigenvalue weighted by atomic mass is 16.5. The minimum absolute atomic E-state index is 0.0789. The number of likely N-dealkylation sites (N-methyl/N-ethyl adjacent to an activating group) is 1. The van der Waals surface area contributed by atoms with E-state index in [-0.39, 0.29) is 30.1 Å². The second-order valence-electron chi connectivity index (χ2n) is 8.42. The van der Waals surface area contributed by atoms with E-state index in [1.807, 2.05) is 38.4 Å². The summed E-state index contributed by atoms with van der Waals surface area (Å²) in [6.07, 6.45) is 0.294. The molecule has 0 spiro atoms. The maximum atomic E-state index is 13.0. The van der Waals surface area contributed by atoms with Crippen LogP contribution in [0.15, 0.2) is 24.3 Å². The summed E-state index contributed by atoms with van der Waals surface area (Å²) in [5.41, 5.74) is 1.04. The Kier molecular flexibility index (Phi) is 8.73. The van der Waals surface area contributed by atoms with Gasteiger partial charge < -0.3 is 19.7 Å². The third kappa shape index (κ3) is 7.08. The highest BCUT2D eigenvalue weighted by Gasteiger charge is 2.33. The summed E-state index contributed by atoms with van der Waals surface area (Å²) in [7, 11) is 4.05. The smallest absolute Gasteiger partial charge is 0.237 e. The number of nitrogens with zero attached hydrogens (tertiary/aromatic N) is 2. The third-order valence-corrected chi connectivity index (χ3v) is 4.91. The maximum absolute atomic E-state index is 13.0. The lowest BCUT2D eigenvalue weighted by Gasteiger charge is -2.41. The Hall–Kier alpha value is -1.63.